The van der Waals surface area contributed by atoms with E-state index >= 15 is 0 Å². The van der Waals surface area contributed by atoms with Crippen LogP contribution in [-0.2, 0) is 13.0 Å². The third-order valence-corrected chi connectivity index (χ3v) is 5.57. The number of piperidine rings is 1. The molecule has 134 valence electrons. The first kappa shape index (κ1) is 16.6. The number of rotatable bonds is 4. The van der Waals surface area contributed by atoms with Gasteiger partial charge in [0.2, 0.25) is 0 Å². The van der Waals surface area contributed by atoms with Gasteiger partial charge in [0.25, 0.3) is 0 Å². The zero-order chi connectivity index (χ0) is 17.2. The minimum atomic E-state index is -0.196. The van der Waals surface area contributed by atoms with Crippen LogP contribution in [0.5, 0.6) is 5.75 Å². The number of nitrogens with zero attached hydrogens (tertiary/aromatic N) is 2. The van der Waals surface area contributed by atoms with Crippen LogP contribution in [0.15, 0.2) is 27.4 Å². The van der Waals surface area contributed by atoms with Crippen molar-refractivity contribution < 1.29 is 9.15 Å². The molecule has 0 N–H and O–H groups in total. The Labute approximate surface area is 148 Å². The molecule has 0 amide bonds. The summed E-state index contributed by atoms with van der Waals surface area (Å²) in [5.74, 6) is 0.717. The molecule has 1 fully saturated rings. The van der Waals surface area contributed by atoms with E-state index in [9.17, 15) is 4.79 Å². The van der Waals surface area contributed by atoms with Gasteiger partial charge in [0.1, 0.15) is 11.3 Å². The molecule has 25 heavy (non-hydrogen) atoms. The van der Waals surface area contributed by atoms with Gasteiger partial charge in [0.15, 0.2) is 0 Å². The lowest BCUT2D eigenvalue weighted by molar-refractivity contribution is 0.172. The van der Waals surface area contributed by atoms with Crippen LogP contribution in [0.3, 0.4) is 0 Å². The number of hydrogen-bond donors (Lipinski definition) is 0. The number of ether oxygens (including phenoxy) is 1. The predicted octanol–water partition coefficient (Wildman–Crippen LogP) is 2.65. The van der Waals surface area contributed by atoms with Crippen LogP contribution in [0.1, 0.15) is 30.4 Å². The first-order chi connectivity index (χ1) is 12.2. The smallest absolute Gasteiger partial charge is 0.341 e. The summed E-state index contributed by atoms with van der Waals surface area (Å²) in [5, 5.41) is 1.05. The summed E-state index contributed by atoms with van der Waals surface area (Å²) in [6.45, 7) is 6.28. The van der Waals surface area contributed by atoms with Gasteiger partial charge in [-0.1, -0.05) is 6.42 Å². The van der Waals surface area contributed by atoms with Crippen molar-refractivity contribution in [3.05, 3.63) is 39.7 Å². The fraction of sp³-hybridized carbons (Fsp3) is 0.550. The van der Waals surface area contributed by atoms with E-state index in [1.165, 1.54) is 32.4 Å². The second kappa shape index (κ2) is 7.18. The molecule has 0 aliphatic carbocycles. The quantitative estimate of drug-likeness (QED) is 0.800. The summed E-state index contributed by atoms with van der Waals surface area (Å²) < 4.78 is 10.8. The Kier molecular flexibility index (Phi) is 4.77. The lowest BCUT2D eigenvalue weighted by Crippen LogP contribution is -2.41. The van der Waals surface area contributed by atoms with Crippen LogP contribution >= 0.6 is 0 Å². The lowest BCUT2D eigenvalue weighted by Gasteiger charge is -2.32. The maximum absolute atomic E-state index is 12.5. The molecule has 0 spiro atoms. The molecule has 0 atom stereocenters. The van der Waals surface area contributed by atoms with Gasteiger partial charge in [0, 0.05) is 37.6 Å². The van der Waals surface area contributed by atoms with Crippen molar-refractivity contribution in [2.24, 2.45) is 0 Å². The first-order valence-electron chi connectivity index (χ1n) is 9.32. The summed E-state index contributed by atoms with van der Waals surface area (Å²) >= 11 is 0. The summed E-state index contributed by atoms with van der Waals surface area (Å²) in [6, 6.07) is 5.75. The fourth-order valence-corrected chi connectivity index (χ4v) is 4.09. The summed E-state index contributed by atoms with van der Waals surface area (Å²) in [5.41, 5.74) is 2.42. The highest BCUT2D eigenvalue weighted by Crippen LogP contribution is 2.27. The molecule has 5 nitrogen and oxygen atoms in total. The number of benzene rings is 1. The summed E-state index contributed by atoms with van der Waals surface area (Å²) in [6.07, 6.45) is 4.92. The molecule has 4 rings (SSSR count). The average Bonchev–Trinajstić information content (AvgIpc) is 2.67. The molecule has 1 aromatic carbocycles. The average molecular weight is 342 g/mol. The Balaban J connectivity index is 1.52. The van der Waals surface area contributed by atoms with Gasteiger partial charge < -0.3 is 14.1 Å². The highest BCUT2D eigenvalue weighted by atomic mass is 16.5. The number of likely N-dealkylation sites (tertiary alicyclic amines) is 1. The van der Waals surface area contributed by atoms with Crippen molar-refractivity contribution >= 4 is 11.0 Å². The topological polar surface area (TPSA) is 45.9 Å². The number of hydrogen-bond acceptors (Lipinski definition) is 5. The van der Waals surface area contributed by atoms with Crippen LogP contribution in [0, 0.1) is 0 Å². The van der Waals surface area contributed by atoms with Gasteiger partial charge in [-0.05, 0) is 50.0 Å². The van der Waals surface area contributed by atoms with Gasteiger partial charge in [-0.3, -0.25) is 4.90 Å². The minimum Gasteiger partial charge on any atom is -0.497 e. The zero-order valence-electron chi connectivity index (χ0n) is 14.9. The standard InChI is InChI=1S/C20H26N2O3/c1-24-15-5-6-17-16-7-10-22(12-11-21-8-3-2-4-9-21)14-18(16)20(23)25-19(17)13-15/h5-6,13H,2-4,7-12,14H2,1H3. The van der Waals surface area contributed by atoms with E-state index in [0.717, 1.165) is 48.3 Å². The van der Waals surface area contributed by atoms with E-state index in [2.05, 4.69) is 9.80 Å². The summed E-state index contributed by atoms with van der Waals surface area (Å²) in [4.78, 5) is 17.4. The van der Waals surface area contributed by atoms with Crippen molar-refractivity contribution in [1.29, 1.82) is 0 Å². The van der Waals surface area contributed by atoms with Crippen molar-refractivity contribution in [2.45, 2.75) is 32.2 Å². The highest BCUT2D eigenvalue weighted by Gasteiger charge is 2.23. The minimum absolute atomic E-state index is 0.196. The second-order valence-electron chi connectivity index (χ2n) is 7.14. The van der Waals surface area contributed by atoms with E-state index in [1.807, 2.05) is 12.1 Å². The molecule has 2 aliphatic heterocycles. The van der Waals surface area contributed by atoms with Crippen molar-refractivity contribution in [2.75, 3.05) is 39.8 Å². The van der Waals surface area contributed by atoms with Crippen molar-refractivity contribution in [1.82, 2.24) is 9.80 Å². The molecular weight excluding hydrogens is 316 g/mol. The lowest BCUT2D eigenvalue weighted by atomic mass is 9.97. The van der Waals surface area contributed by atoms with Crippen molar-refractivity contribution in [3.63, 3.8) is 0 Å². The largest absolute Gasteiger partial charge is 0.497 e. The van der Waals surface area contributed by atoms with E-state index in [4.69, 9.17) is 9.15 Å². The van der Waals surface area contributed by atoms with Crippen LogP contribution in [0.25, 0.3) is 11.0 Å². The molecule has 1 aromatic heterocycles. The van der Waals surface area contributed by atoms with E-state index in [0.29, 0.717) is 12.1 Å². The maximum atomic E-state index is 12.5. The number of fused-ring (bicyclic) bond motifs is 3. The van der Waals surface area contributed by atoms with Gasteiger partial charge in [-0.25, -0.2) is 4.79 Å². The fourth-order valence-electron chi connectivity index (χ4n) is 4.09. The molecule has 3 heterocycles. The molecule has 2 aliphatic rings. The molecule has 0 bridgehead atoms. The first-order valence-corrected chi connectivity index (χ1v) is 9.32. The van der Waals surface area contributed by atoms with Crippen molar-refractivity contribution in [3.8, 4) is 5.75 Å². The second-order valence-corrected chi connectivity index (χ2v) is 7.14. The predicted molar refractivity (Wildman–Crippen MR) is 98.3 cm³/mol. The molecule has 0 saturated carbocycles. The summed E-state index contributed by atoms with van der Waals surface area (Å²) in [7, 11) is 1.62. The normalized spacial score (nSPS) is 19.1. The Hall–Kier alpha value is -1.85. The molecular formula is C20H26N2O3. The SMILES string of the molecule is COc1ccc2c3c(c(=O)oc2c1)CN(CCN1CCCCC1)CC3. The Morgan fingerprint density at radius 1 is 1.04 bits per heavy atom. The van der Waals surface area contributed by atoms with Gasteiger partial charge in [-0.2, -0.15) is 0 Å². The molecule has 0 radical (unpaired) electrons. The molecule has 1 saturated heterocycles. The van der Waals surface area contributed by atoms with Gasteiger partial charge in [0.05, 0.1) is 12.7 Å². The number of methoxy groups -OCH3 is 1. The highest BCUT2D eigenvalue weighted by molar-refractivity contribution is 5.82. The molecule has 5 heteroatoms. The maximum Gasteiger partial charge on any atom is 0.341 e. The van der Waals surface area contributed by atoms with E-state index in [1.54, 1.807) is 13.2 Å². The Bertz CT molecular complexity index is 808. The monoisotopic (exact) mass is 342 g/mol. The van der Waals surface area contributed by atoms with Gasteiger partial charge in [-0.15, -0.1) is 0 Å². The van der Waals surface area contributed by atoms with Crippen LogP contribution in [0.2, 0.25) is 0 Å². The van der Waals surface area contributed by atoms with Crippen LogP contribution in [-0.4, -0.2) is 49.6 Å². The van der Waals surface area contributed by atoms with E-state index in [-0.39, 0.29) is 5.63 Å². The zero-order valence-corrected chi connectivity index (χ0v) is 14.9. The molecule has 2 aromatic rings. The van der Waals surface area contributed by atoms with Crippen LogP contribution in [0.4, 0.5) is 0 Å². The molecule has 0 unspecified atom stereocenters. The third-order valence-electron chi connectivity index (χ3n) is 5.57. The van der Waals surface area contributed by atoms with Gasteiger partial charge >= 0.3 is 5.63 Å². The Morgan fingerprint density at radius 2 is 1.84 bits per heavy atom. The Morgan fingerprint density at radius 3 is 2.64 bits per heavy atom. The van der Waals surface area contributed by atoms with E-state index < -0.39 is 0 Å². The third kappa shape index (κ3) is 3.44. The van der Waals surface area contributed by atoms with Crippen LogP contribution < -0.4 is 10.4 Å².